The summed E-state index contributed by atoms with van der Waals surface area (Å²) in [4.78, 5) is 10.3. The standard InChI is InChI=1S/C18H23N3O2/c1-15-4-2-5-17(8-15)23-13-18(22)6-3-7-21(12-18)11-16-9-19-14-20-10-16/h2,4-5,8-10,14,22H,3,6-7,11-13H2,1H3. The van der Waals surface area contributed by atoms with Gasteiger partial charge in [0, 0.05) is 31.0 Å². The molecule has 0 bridgehead atoms. The molecule has 1 atom stereocenters. The van der Waals surface area contributed by atoms with Gasteiger partial charge in [-0.25, -0.2) is 9.97 Å². The SMILES string of the molecule is Cc1cccc(OCC2(O)CCCN(Cc3cncnc3)C2)c1. The number of hydrogen-bond donors (Lipinski definition) is 1. The molecule has 5 heteroatoms. The summed E-state index contributed by atoms with van der Waals surface area (Å²) < 4.78 is 5.83. The Balaban J connectivity index is 1.58. The van der Waals surface area contributed by atoms with Crippen LogP contribution in [0.25, 0.3) is 0 Å². The summed E-state index contributed by atoms with van der Waals surface area (Å²) in [6.07, 6.45) is 6.90. The lowest BCUT2D eigenvalue weighted by Gasteiger charge is -2.38. The van der Waals surface area contributed by atoms with Gasteiger partial charge in [0.2, 0.25) is 0 Å². The first-order valence-electron chi connectivity index (χ1n) is 8.01. The fourth-order valence-corrected chi connectivity index (χ4v) is 3.05. The minimum absolute atomic E-state index is 0.318. The van der Waals surface area contributed by atoms with E-state index in [4.69, 9.17) is 4.74 Å². The molecule has 1 aliphatic rings. The summed E-state index contributed by atoms with van der Waals surface area (Å²) in [6.45, 7) is 4.69. The largest absolute Gasteiger partial charge is 0.491 e. The molecule has 122 valence electrons. The van der Waals surface area contributed by atoms with E-state index in [0.29, 0.717) is 13.2 Å². The van der Waals surface area contributed by atoms with Crippen molar-refractivity contribution in [3.05, 3.63) is 54.1 Å². The zero-order valence-electron chi connectivity index (χ0n) is 13.5. The highest BCUT2D eigenvalue weighted by Crippen LogP contribution is 2.24. The van der Waals surface area contributed by atoms with E-state index >= 15 is 0 Å². The Morgan fingerprint density at radius 3 is 2.91 bits per heavy atom. The molecule has 2 aromatic rings. The van der Waals surface area contributed by atoms with Gasteiger partial charge in [-0.05, 0) is 44.0 Å². The van der Waals surface area contributed by atoms with Gasteiger partial charge in [0.15, 0.2) is 0 Å². The van der Waals surface area contributed by atoms with Crippen LogP contribution in [-0.4, -0.2) is 45.3 Å². The number of benzene rings is 1. The first-order valence-corrected chi connectivity index (χ1v) is 8.01. The highest BCUT2D eigenvalue weighted by molar-refractivity contribution is 5.27. The molecular formula is C18H23N3O2. The molecule has 0 spiro atoms. The molecule has 1 fully saturated rings. The molecule has 1 saturated heterocycles. The highest BCUT2D eigenvalue weighted by atomic mass is 16.5. The van der Waals surface area contributed by atoms with Crippen LogP contribution in [0.1, 0.15) is 24.0 Å². The average molecular weight is 313 g/mol. The normalized spacial score (nSPS) is 22.0. The first-order chi connectivity index (χ1) is 11.1. The maximum Gasteiger partial charge on any atom is 0.119 e. The Hall–Kier alpha value is -1.98. The minimum Gasteiger partial charge on any atom is -0.491 e. The molecule has 5 nitrogen and oxygen atoms in total. The van der Waals surface area contributed by atoms with E-state index in [1.165, 1.54) is 6.33 Å². The third-order valence-electron chi connectivity index (χ3n) is 4.15. The van der Waals surface area contributed by atoms with Crippen LogP contribution in [0, 0.1) is 6.92 Å². The monoisotopic (exact) mass is 313 g/mol. The van der Waals surface area contributed by atoms with Crippen molar-refractivity contribution in [2.75, 3.05) is 19.7 Å². The number of aryl methyl sites for hydroxylation is 1. The number of piperidine rings is 1. The van der Waals surface area contributed by atoms with Crippen LogP contribution in [0.15, 0.2) is 43.0 Å². The van der Waals surface area contributed by atoms with Crippen molar-refractivity contribution in [2.24, 2.45) is 0 Å². The molecule has 2 heterocycles. The second-order valence-electron chi connectivity index (χ2n) is 6.39. The van der Waals surface area contributed by atoms with Crippen molar-refractivity contribution in [3.8, 4) is 5.75 Å². The highest BCUT2D eigenvalue weighted by Gasteiger charge is 2.34. The molecule has 23 heavy (non-hydrogen) atoms. The Bertz CT molecular complexity index is 635. The summed E-state index contributed by atoms with van der Waals surface area (Å²) >= 11 is 0. The molecule has 1 aromatic heterocycles. The quantitative estimate of drug-likeness (QED) is 0.917. The maximum absolute atomic E-state index is 10.9. The summed E-state index contributed by atoms with van der Waals surface area (Å²) in [5, 5.41) is 10.9. The van der Waals surface area contributed by atoms with Crippen molar-refractivity contribution in [2.45, 2.75) is 31.9 Å². The van der Waals surface area contributed by atoms with E-state index < -0.39 is 5.60 Å². The van der Waals surface area contributed by atoms with E-state index in [9.17, 15) is 5.11 Å². The molecule has 0 saturated carbocycles. The van der Waals surface area contributed by atoms with E-state index in [0.717, 1.165) is 42.8 Å². The lowest BCUT2D eigenvalue weighted by atomic mass is 9.93. The number of aliphatic hydroxyl groups is 1. The van der Waals surface area contributed by atoms with Crippen molar-refractivity contribution in [1.29, 1.82) is 0 Å². The number of β-amino-alcohol motifs (C(OH)–C–C–N with tert-alkyl or cyclic N) is 1. The van der Waals surface area contributed by atoms with E-state index in [2.05, 4.69) is 14.9 Å². The summed E-state index contributed by atoms with van der Waals surface area (Å²) in [5.74, 6) is 0.812. The molecular weight excluding hydrogens is 290 g/mol. The molecule has 0 aliphatic carbocycles. The number of likely N-dealkylation sites (tertiary alicyclic amines) is 1. The van der Waals surface area contributed by atoms with Crippen LogP contribution in [0.5, 0.6) is 5.75 Å². The van der Waals surface area contributed by atoms with E-state index in [1.54, 1.807) is 0 Å². The predicted octanol–water partition coefficient (Wildman–Crippen LogP) is 2.19. The third kappa shape index (κ3) is 4.50. The molecule has 1 aliphatic heterocycles. The lowest BCUT2D eigenvalue weighted by Crippen LogP contribution is -2.51. The van der Waals surface area contributed by atoms with Gasteiger partial charge in [-0.1, -0.05) is 12.1 Å². The Morgan fingerprint density at radius 1 is 1.30 bits per heavy atom. The fourth-order valence-electron chi connectivity index (χ4n) is 3.05. The van der Waals surface area contributed by atoms with Crippen molar-refractivity contribution < 1.29 is 9.84 Å². The van der Waals surface area contributed by atoms with Gasteiger partial charge in [-0.2, -0.15) is 0 Å². The fraction of sp³-hybridized carbons (Fsp3) is 0.444. The molecule has 1 unspecified atom stereocenters. The van der Waals surface area contributed by atoms with Crippen LogP contribution in [-0.2, 0) is 6.54 Å². The Labute approximate surface area is 137 Å². The molecule has 1 N–H and O–H groups in total. The second-order valence-corrected chi connectivity index (χ2v) is 6.39. The van der Waals surface area contributed by atoms with Crippen molar-refractivity contribution >= 4 is 0 Å². The number of hydrogen-bond acceptors (Lipinski definition) is 5. The number of nitrogens with zero attached hydrogens (tertiary/aromatic N) is 3. The lowest BCUT2D eigenvalue weighted by molar-refractivity contribution is -0.0621. The molecule has 3 rings (SSSR count). The predicted molar refractivity (Wildman–Crippen MR) is 88.2 cm³/mol. The van der Waals surface area contributed by atoms with Gasteiger partial charge in [-0.3, -0.25) is 4.90 Å². The Kier molecular flexibility index (Phi) is 4.88. The summed E-state index contributed by atoms with van der Waals surface area (Å²) in [5.41, 5.74) is 1.41. The molecule has 1 aromatic carbocycles. The number of ether oxygens (including phenoxy) is 1. The minimum atomic E-state index is -0.808. The van der Waals surface area contributed by atoms with Crippen LogP contribution in [0.2, 0.25) is 0 Å². The van der Waals surface area contributed by atoms with Crippen LogP contribution < -0.4 is 4.74 Å². The first kappa shape index (κ1) is 15.9. The van der Waals surface area contributed by atoms with Gasteiger partial charge in [0.1, 0.15) is 24.3 Å². The van der Waals surface area contributed by atoms with E-state index in [-0.39, 0.29) is 0 Å². The zero-order chi connectivity index (χ0) is 16.1. The molecule has 0 amide bonds. The topological polar surface area (TPSA) is 58.5 Å². The number of rotatable bonds is 5. The van der Waals surface area contributed by atoms with Gasteiger partial charge in [0.25, 0.3) is 0 Å². The summed E-state index contributed by atoms with van der Waals surface area (Å²) in [7, 11) is 0. The van der Waals surface area contributed by atoms with Crippen LogP contribution >= 0.6 is 0 Å². The van der Waals surface area contributed by atoms with Gasteiger partial charge < -0.3 is 9.84 Å². The molecule has 0 radical (unpaired) electrons. The number of aromatic nitrogens is 2. The maximum atomic E-state index is 10.9. The van der Waals surface area contributed by atoms with Crippen molar-refractivity contribution in [1.82, 2.24) is 14.9 Å². The van der Waals surface area contributed by atoms with Gasteiger partial charge in [-0.15, -0.1) is 0 Å². The third-order valence-corrected chi connectivity index (χ3v) is 4.15. The van der Waals surface area contributed by atoms with Crippen LogP contribution in [0.4, 0.5) is 0 Å². The summed E-state index contributed by atoms with van der Waals surface area (Å²) in [6, 6.07) is 7.92. The van der Waals surface area contributed by atoms with Crippen LogP contribution in [0.3, 0.4) is 0 Å². The van der Waals surface area contributed by atoms with Gasteiger partial charge in [0.05, 0.1) is 0 Å². The second kappa shape index (κ2) is 7.06. The average Bonchev–Trinajstić information content (AvgIpc) is 2.54. The Morgan fingerprint density at radius 2 is 2.13 bits per heavy atom. The van der Waals surface area contributed by atoms with Crippen molar-refractivity contribution in [3.63, 3.8) is 0 Å². The van der Waals surface area contributed by atoms with Gasteiger partial charge >= 0.3 is 0 Å². The van der Waals surface area contributed by atoms with E-state index in [1.807, 2.05) is 43.6 Å². The zero-order valence-corrected chi connectivity index (χ0v) is 13.5. The smallest absolute Gasteiger partial charge is 0.119 e.